The zero-order valence-electron chi connectivity index (χ0n) is 8.41. The Hall–Kier alpha value is -0.0400. The first-order valence-electron chi connectivity index (χ1n) is 6.08. The fourth-order valence-corrected chi connectivity index (χ4v) is 4.27. The van der Waals surface area contributed by atoms with E-state index in [0.29, 0.717) is 0 Å². The molecule has 0 spiro atoms. The van der Waals surface area contributed by atoms with Crippen LogP contribution >= 0.6 is 0 Å². The van der Waals surface area contributed by atoms with Crippen LogP contribution in [0.1, 0.15) is 38.5 Å². The van der Waals surface area contributed by atoms with E-state index >= 15 is 0 Å². The molecule has 0 aliphatic heterocycles. The van der Waals surface area contributed by atoms with Crippen LogP contribution in [0, 0.1) is 29.6 Å². The zero-order valence-corrected chi connectivity index (χ0v) is 8.41. The first-order chi connectivity index (χ1) is 6.38. The molecule has 0 aromatic carbocycles. The van der Waals surface area contributed by atoms with Crippen LogP contribution < -0.4 is 5.73 Å². The normalized spacial score (nSPS) is 53.8. The van der Waals surface area contributed by atoms with Crippen LogP contribution in [-0.4, -0.2) is 6.54 Å². The fourth-order valence-electron chi connectivity index (χ4n) is 4.27. The molecule has 2 bridgehead atoms. The SMILES string of the molecule is NCC1CCC1C1CC2CCC1C2. The maximum atomic E-state index is 5.79. The Kier molecular flexibility index (Phi) is 1.90. The molecule has 5 unspecified atom stereocenters. The van der Waals surface area contributed by atoms with Crippen LogP contribution in [0.5, 0.6) is 0 Å². The molecule has 13 heavy (non-hydrogen) atoms. The lowest BCUT2D eigenvalue weighted by molar-refractivity contribution is 0.0742. The first kappa shape index (κ1) is 8.28. The van der Waals surface area contributed by atoms with Gasteiger partial charge < -0.3 is 5.73 Å². The molecule has 1 nitrogen and oxygen atoms in total. The van der Waals surface area contributed by atoms with Crippen molar-refractivity contribution in [3.8, 4) is 0 Å². The number of hydrogen-bond acceptors (Lipinski definition) is 1. The summed E-state index contributed by atoms with van der Waals surface area (Å²) in [6.45, 7) is 0.957. The highest BCUT2D eigenvalue weighted by Crippen LogP contribution is 2.56. The highest BCUT2D eigenvalue weighted by Gasteiger charge is 2.47. The van der Waals surface area contributed by atoms with Crippen molar-refractivity contribution in [3.63, 3.8) is 0 Å². The van der Waals surface area contributed by atoms with Crippen LogP contribution in [0.2, 0.25) is 0 Å². The Labute approximate surface area is 81.1 Å². The topological polar surface area (TPSA) is 26.0 Å². The highest BCUT2D eigenvalue weighted by atomic mass is 14.6. The van der Waals surface area contributed by atoms with Gasteiger partial charge >= 0.3 is 0 Å². The van der Waals surface area contributed by atoms with E-state index < -0.39 is 0 Å². The minimum absolute atomic E-state index is 0.907. The summed E-state index contributed by atoms with van der Waals surface area (Å²) < 4.78 is 0. The van der Waals surface area contributed by atoms with E-state index in [0.717, 1.165) is 36.1 Å². The van der Waals surface area contributed by atoms with Gasteiger partial charge in [-0.25, -0.2) is 0 Å². The maximum Gasteiger partial charge on any atom is -0.00461 e. The second-order valence-corrected chi connectivity index (χ2v) is 5.58. The van der Waals surface area contributed by atoms with Crippen LogP contribution in [0.4, 0.5) is 0 Å². The van der Waals surface area contributed by atoms with Gasteiger partial charge in [0.1, 0.15) is 0 Å². The van der Waals surface area contributed by atoms with Crippen LogP contribution in [-0.2, 0) is 0 Å². The molecule has 3 aliphatic rings. The molecule has 0 radical (unpaired) electrons. The van der Waals surface area contributed by atoms with Gasteiger partial charge in [-0.3, -0.25) is 0 Å². The van der Waals surface area contributed by atoms with E-state index in [1.807, 2.05) is 0 Å². The Morgan fingerprint density at radius 2 is 1.85 bits per heavy atom. The fraction of sp³-hybridized carbons (Fsp3) is 1.00. The molecule has 3 fully saturated rings. The molecule has 3 rings (SSSR count). The van der Waals surface area contributed by atoms with Gasteiger partial charge in [0.2, 0.25) is 0 Å². The summed E-state index contributed by atoms with van der Waals surface area (Å²) in [4.78, 5) is 0. The van der Waals surface area contributed by atoms with E-state index in [4.69, 9.17) is 5.73 Å². The number of nitrogens with two attached hydrogens (primary N) is 1. The van der Waals surface area contributed by atoms with Crippen LogP contribution in [0.25, 0.3) is 0 Å². The molecule has 3 aliphatic carbocycles. The van der Waals surface area contributed by atoms with Gasteiger partial charge in [0.25, 0.3) is 0 Å². The predicted molar refractivity (Wildman–Crippen MR) is 54.2 cm³/mol. The average molecular weight is 179 g/mol. The summed E-state index contributed by atoms with van der Waals surface area (Å²) in [5, 5.41) is 0. The molecule has 74 valence electrons. The lowest BCUT2D eigenvalue weighted by atomic mass is 9.63. The zero-order chi connectivity index (χ0) is 8.84. The molecule has 0 saturated heterocycles. The summed E-state index contributed by atoms with van der Waals surface area (Å²) >= 11 is 0. The Morgan fingerprint density at radius 3 is 2.31 bits per heavy atom. The van der Waals surface area contributed by atoms with E-state index in [9.17, 15) is 0 Å². The van der Waals surface area contributed by atoms with Gasteiger partial charge in [0, 0.05) is 0 Å². The lowest BCUT2D eigenvalue weighted by Crippen LogP contribution is -2.39. The summed E-state index contributed by atoms with van der Waals surface area (Å²) in [7, 11) is 0. The van der Waals surface area contributed by atoms with E-state index in [1.165, 1.54) is 12.8 Å². The minimum Gasteiger partial charge on any atom is -0.330 e. The van der Waals surface area contributed by atoms with Gasteiger partial charge in [-0.15, -0.1) is 0 Å². The maximum absolute atomic E-state index is 5.79. The highest BCUT2D eigenvalue weighted by molar-refractivity contribution is 4.97. The van der Waals surface area contributed by atoms with E-state index in [1.54, 1.807) is 25.7 Å². The molecule has 3 saturated carbocycles. The van der Waals surface area contributed by atoms with Gasteiger partial charge in [-0.2, -0.15) is 0 Å². The molecule has 1 heteroatoms. The third-order valence-corrected chi connectivity index (χ3v) is 5.12. The number of rotatable bonds is 2. The summed E-state index contributed by atoms with van der Waals surface area (Å²) in [6.07, 6.45) is 9.14. The van der Waals surface area contributed by atoms with Gasteiger partial charge in [0.15, 0.2) is 0 Å². The van der Waals surface area contributed by atoms with Gasteiger partial charge in [0.05, 0.1) is 0 Å². The first-order valence-corrected chi connectivity index (χ1v) is 6.08. The molecule has 0 heterocycles. The van der Waals surface area contributed by atoms with Crippen molar-refractivity contribution >= 4 is 0 Å². The third kappa shape index (κ3) is 1.16. The average Bonchev–Trinajstić information content (AvgIpc) is 2.63. The van der Waals surface area contributed by atoms with E-state index in [2.05, 4.69) is 0 Å². The number of fused-ring (bicyclic) bond motifs is 2. The largest absolute Gasteiger partial charge is 0.330 e. The smallest absolute Gasteiger partial charge is 0.00461 e. The monoisotopic (exact) mass is 179 g/mol. The quantitative estimate of drug-likeness (QED) is 0.692. The Balaban J connectivity index is 1.66. The summed E-state index contributed by atoms with van der Waals surface area (Å²) in [5.74, 6) is 5.28. The summed E-state index contributed by atoms with van der Waals surface area (Å²) in [6, 6.07) is 0. The van der Waals surface area contributed by atoms with Crippen molar-refractivity contribution in [3.05, 3.63) is 0 Å². The van der Waals surface area contributed by atoms with Crippen molar-refractivity contribution in [2.45, 2.75) is 38.5 Å². The standard InChI is InChI=1S/C12H21N/c13-7-10-3-4-11(10)12-6-8-1-2-9(12)5-8/h8-12H,1-7,13H2. The van der Waals surface area contributed by atoms with Crippen molar-refractivity contribution < 1.29 is 0 Å². The summed E-state index contributed by atoms with van der Waals surface area (Å²) in [5.41, 5.74) is 5.79. The molecule has 0 aromatic heterocycles. The second kappa shape index (κ2) is 2.98. The van der Waals surface area contributed by atoms with Gasteiger partial charge in [-0.05, 0) is 68.2 Å². The third-order valence-electron chi connectivity index (χ3n) is 5.12. The molecule has 5 atom stereocenters. The molecule has 0 amide bonds. The predicted octanol–water partition coefficient (Wildman–Crippen LogP) is 2.41. The molecular formula is C12H21N. The molecule has 2 N–H and O–H groups in total. The molecule has 0 aromatic rings. The Morgan fingerprint density at radius 1 is 0.923 bits per heavy atom. The van der Waals surface area contributed by atoms with Crippen molar-refractivity contribution in [1.29, 1.82) is 0 Å². The second-order valence-electron chi connectivity index (χ2n) is 5.58. The Bertz CT molecular complexity index is 199. The lowest BCUT2D eigenvalue weighted by Gasteiger charge is -2.43. The minimum atomic E-state index is 0.907. The van der Waals surface area contributed by atoms with E-state index in [-0.39, 0.29) is 0 Å². The number of hydrogen-bond donors (Lipinski definition) is 1. The molecular weight excluding hydrogens is 158 g/mol. The van der Waals surface area contributed by atoms with Crippen molar-refractivity contribution in [2.24, 2.45) is 35.3 Å². The van der Waals surface area contributed by atoms with Crippen LogP contribution in [0.3, 0.4) is 0 Å². The van der Waals surface area contributed by atoms with Gasteiger partial charge in [-0.1, -0.05) is 6.42 Å². The van der Waals surface area contributed by atoms with Crippen molar-refractivity contribution in [2.75, 3.05) is 6.54 Å². The van der Waals surface area contributed by atoms with Crippen molar-refractivity contribution in [1.82, 2.24) is 0 Å². The van der Waals surface area contributed by atoms with Crippen LogP contribution in [0.15, 0.2) is 0 Å².